The summed E-state index contributed by atoms with van der Waals surface area (Å²) in [4.78, 5) is 15.7. The molecule has 4 nitrogen and oxygen atoms in total. The van der Waals surface area contributed by atoms with Crippen molar-refractivity contribution in [3.63, 3.8) is 0 Å². The molecule has 1 unspecified atom stereocenters. The van der Waals surface area contributed by atoms with Crippen molar-refractivity contribution >= 4 is 18.2 Å². The number of nitrogens with zero attached hydrogens (tertiary/aromatic N) is 1. The van der Waals surface area contributed by atoms with Crippen LogP contribution in [0.3, 0.4) is 0 Å². The molecule has 0 aromatic carbocycles. The zero-order chi connectivity index (χ0) is 11.2. The van der Waals surface area contributed by atoms with Crippen molar-refractivity contribution in [2.45, 2.75) is 18.9 Å². The molecule has 1 atom stereocenters. The Morgan fingerprint density at radius 2 is 2.41 bits per heavy atom. The molecule has 5 heteroatoms. The smallest absolute Gasteiger partial charge is 0.206 e. The van der Waals surface area contributed by atoms with Gasteiger partial charge >= 0.3 is 0 Å². The average Bonchev–Trinajstić information content (AvgIpc) is 2.38. The van der Waals surface area contributed by atoms with E-state index in [0.717, 1.165) is 25.9 Å². The van der Waals surface area contributed by atoms with Gasteiger partial charge < -0.3 is 10.1 Å². The van der Waals surface area contributed by atoms with Crippen LogP contribution in [0.2, 0.25) is 0 Å². The summed E-state index contributed by atoms with van der Waals surface area (Å²) in [5, 5.41) is 3.25. The molecule has 1 N–H and O–H groups in total. The maximum atomic E-state index is 11.7. The van der Waals surface area contributed by atoms with Gasteiger partial charge in [-0.2, -0.15) is 0 Å². The van der Waals surface area contributed by atoms with Crippen LogP contribution in [-0.2, 0) is 4.74 Å². The van der Waals surface area contributed by atoms with Gasteiger partial charge in [-0.25, -0.2) is 0 Å². The predicted octanol–water partition coefficient (Wildman–Crippen LogP) is 1.45. The quantitative estimate of drug-likeness (QED) is 0.829. The van der Waals surface area contributed by atoms with Crippen molar-refractivity contribution in [3.05, 3.63) is 30.1 Å². The van der Waals surface area contributed by atoms with E-state index in [1.807, 2.05) is 6.07 Å². The number of hydrogen-bond donors (Lipinski definition) is 1. The summed E-state index contributed by atoms with van der Waals surface area (Å²) in [6, 6.07) is 5.32. The molecular formula is C12H17ClN2O2. The Morgan fingerprint density at radius 1 is 1.53 bits per heavy atom. The van der Waals surface area contributed by atoms with Gasteiger partial charge in [0, 0.05) is 12.7 Å². The lowest BCUT2D eigenvalue weighted by molar-refractivity contribution is 0.0344. The predicted molar refractivity (Wildman–Crippen MR) is 67.7 cm³/mol. The fourth-order valence-corrected chi connectivity index (χ4v) is 1.76. The topological polar surface area (TPSA) is 51.2 Å². The normalized spacial score (nSPS) is 19.4. The lowest BCUT2D eigenvalue weighted by atomic mass is 10.1. The molecule has 0 aliphatic carbocycles. The number of ether oxygens (including phenoxy) is 1. The Bertz CT molecular complexity index is 340. The van der Waals surface area contributed by atoms with Crippen molar-refractivity contribution < 1.29 is 9.53 Å². The van der Waals surface area contributed by atoms with E-state index in [9.17, 15) is 4.79 Å². The molecule has 0 saturated carbocycles. The Hall–Kier alpha value is -0.970. The van der Waals surface area contributed by atoms with E-state index >= 15 is 0 Å². The van der Waals surface area contributed by atoms with E-state index < -0.39 is 0 Å². The molecule has 2 heterocycles. The van der Waals surface area contributed by atoms with E-state index in [0.29, 0.717) is 5.69 Å². The van der Waals surface area contributed by atoms with Crippen molar-refractivity contribution in [1.82, 2.24) is 10.3 Å². The molecule has 0 radical (unpaired) electrons. The van der Waals surface area contributed by atoms with E-state index in [2.05, 4.69) is 10.3 Å². The summed E-state index contributed by atoms with van der Waals surface area (Å²) in [7, 11) is 0. The number of aromatic nitrogens is 1. The van der Waals surface area contributed by atoms with Gasteiger partial charge in [0.1, 0.15) is 12.3 Å². The van der Waals surface area contributed by atoms with Gasteiger partial charge in [-0.3, -0.25) is 9.78 Å². The van der Waals surface area contributed by atoms with Gasteiger partial charge in [0.15, 0.2) is 0 Å². The largest absolute Gasteiger partial charge is 0.369 e. The maximum Gasteiger partial charge on any atom is 0.206 e. The summed E-state index contributed by atoms with van der Waals surface area (Å²) in [5.41, 5.74) is 0.478. The first-order valence-corrected chi connectivity index (χ1v) is 5.63. The van der Waals surface area contributed by atoms with Crippen molar-refractivity contribution in [1.29, 1.82) is 0 Å². The van der Waals surface area contributed by atoms with Crippen molar-refractivity contribution in [3.8, 4) is 0 Å². The zero-order valence-corrected chi connectivity index (χ0v) is 10.4. The van der Waals surface area contributed by atoms with Crippen LogP contribution in [0.15, 0.2) is 24.4 Å². The minimum absolute atomic E-state index is 0. The molecule has 1 saturated heterocycles. The van der Waals surface area contributed by atoms with Crippen LogP contribution < -0.4 is 5.32 Å². The Kier molecular flexibility index (Phi) is 6.11. The number of carbonyl (C=O) groups excluding carboxylic acids is 1. The molecule has 1 aromatic rings. The minimum atomic E-state index is -0.0498. The van der Waals surface area contributed by atoms with Gasteiger partial charge in [0.05, 0.1) is 6.10 Å². The first-order valence-electron chi connectivity index (χ1n) is 5.63. The summed E-state index contributed by atoms with van der Waals surface area (Å²) in [6.45, 7) is 2.02. The fraction of sp³-hybridized carbons (Fsp3) is 0.500. The molecule has 1 aliphatic heterocycles. The monoisotopic (exact) mass is 256 g/mol. The van der Waals surface area contributed by atoms with Crippen molar-refractivity contribution in [2.24, 2.45) is 0 Å². The van der Waals surface area contributed by atoms with Crippen LogP contribution in [-0.4, -0.2) is 36.6 Å². The first-order chi connectivity index (χ1) is 7.86. The summed E-state index contributed by atoms with van der Waals surface area (Å²) < 4.78 is 5.55. The Morgan fingerprint density at radius 3 is 3.06 bits per heavy atom. The maximum absolute atomic E-state index is 11.7. The number of piperidine rings is 1. The molecule has 1 aliphatic rings. The molecular weight excluding hydrogens is 240 g/mol. The lowest BCUT2D eigenvalue weighted by Crippen LogP contribution is -2.36. The van der Waals surface area contributed by atoms with Crippen LogP contribution in [0, 0.1) is 0 Å². The summed E-state index contributed by atoms with van der Waals surface area (Å²) in [5.74, 6) is -0.0498. The SMILES string of the molecule is Cl.O=C(COC1CCCNC1)c1ccccn1. The third kappa shape index (κ3) is 4.42. The number of rotatable bonds is 4. The molecule has 0 bridgehead atoms. The molecule has 94 valence electrons. The summed E-state index contributed by atoms with van der Waals surface area (Å²) >= 11 is 0. The van der Waals surface area contributed by atoms with Gasteiger partial charge in [-0.1, -0.05) is 6.07 Å². The molecule has 2 rings (SSSR count). The highest BCUT2D eigenvalue weighted by Gasteiger charge is 2.15. The lowest BCUT2D eigenvalue weighted by Gasteiger charge is -2.22. The van der Waals surface area contributed by atoms with Gasteiger partial charge in [0.2, 0.25) is 5.78 Å². The minimum Gasteiger partial charge on any atom is -0.369 e. The number of ketones is 1. The number of halogens is 1. The second-order valence-electron chi connectivity index (χ2n) is 3.92. The highest BCUT2D eigenvalue weighted by molar-refractivity contribution is 5.95. The molecule has 1 fully saturated rings. The second kappa shape index (κ2) is 7.37. The standard InChI is InChI=1S/C12H16N2O2.ClH/c15-12(11-5-1-2-7-14-11)9-16-10-4-3-6-13-8-10;/h1-2,5,7,10,13H,3-4,6,8-9H2;1H. The number of pyridine rings is 1. The number of nitrogens with one attached hydrogen (secondary N) is 1. The third-order valence-corrected chi connectivity index (χ3v) is 2.65. The fourth-order valence-electron chi connectivity index (χ4n) is 1.76. The zero-order valence-electron chi connectivity index (χ0n) is 9.59. The van der Waals surface area contributed by atoms with Crippen LogP contribution in [0.1, 0.15) is 23.3 Å². The van der Waals surface area contributed by atoms with Gasteiger partial charge in [0.25, 0.3) is 0 Å². The van der Waals surface area contributed by atoms with E-state index in [-0.39, 0.29) is 30.9 Å². The van der Waals surface area contributed by atoms with Gasteiger partial charge in [-0.05, 0) is 31.5 Å². The number of hydrogen-bond acceptors (Lipinski definition) is 4. The van der Waals surface area contributed by atoms with Crippen LogP contribution in [0.5, 0.6) is 0 Å². The molecule has 17 heavy (non-hydrogen) atoms. The number of Topliss-reactive ketones (excluding diaryl/α,β-unsaturated/α-hetero) is 1. The Balaban J connectivity index is 0.00000144. The van der Waals surface area contributed by atoms with Crippen LogP contribution in [0.25, 0.3) is 0 Å². The third-order valence-electron chi connectivity index (χ3n) is 2.65. The molecule has 0 spiro atoms. The average molecular weight is 257 g/mol. The highest BCUT2D eigenvalue weighted by atomic mass is 35.5. The molecule has 0 amide bonds. The van der Waals surface area contributed by atoms with E-state index in [4.69, 9.17) is 4.74 Å². The van der Waals surface area contributed by atoms with E-state index in [1.54, 1.807) is 18.3 Å². The second-order valence-corrected chi connectivity index (χ2v) is 3.92. The number of carbonyl (C=O) groups is 1. The van der Waals surface area contributed by atoms with Crippen LogP contribution >= 0.6 is 12.4 Å². The van der Waals surface area contributed by atoms with Gasteiger partial charge in [-0.15, -0.1) is 12.4 Å². The molecule has 1 aromatic heterocycles. The Labute approximate surface area is 107 Å². The first kappa shape index (κ1) is 14.1. The summed E-state index contributed by atoms with van der Waals surface area (Å²) in [6.07, 6.45) is 3.93. The van der Waals surface area contributed by atoms with Crippen LogP contribution in [0.4, 0.5) is 0 Å². The van der Waals surface area contributed by atoms with Crippen molar-refractivity contribution in [2.75, 3.05) is 19.7 Å². The highest BCUT2D eigenvalue weighted by Crippen LogP contribution is 2.06. The van der Waals surface area contributed by atoms with E-state index in [1.165, 1.54) is 0 Å².